The van der Waals surface area contributed by atoms with Crippen LogP contribution < -0.4 is 60.3 Å². The highest BCUT2D eigenvalue weighted by Crippen LogP contribution is 2.43. The van der Waals surface area contributed by atoms with E-state index in [-0.39, 0.29) is 11.8 Å². The first-order chi connectivity index (χ1) is 65.0. The van der Waals surface area contributed by atoms with Crippen LogP contribution in [0.2, 0.25) is 0 Å². The van der Waals surface area contributed by atoms with Crippen LogP contribution in [-0.4, -0.2) is 152 Å². The molecule has 0 spiro atoms. The number of hydrogen-bond acceptors (Lipinski definition) is 18. The number of carbonyl (C=O) groups excluding carboxylic acids is 2. The van der Waals surface area contributed by atoms with E-state index in [1.165, 1.54) is 64.2 Å². The first-order valence-electron chi connectivity index (χ1n) is 46.4. The van der Waals surface area contributed by atoms with Crippen molar-refractivity contribution in [2.45, 2.75) is 117 Å². The fraction of sp³-hybridized carbons (Fsp3) is 0.327. The molecule has 0 saturated heterocycles. The van der Waals surface area contributed by atoms with E-state index in [1.807, 2.05) is 206 Å². The molecule has 0 fully saturated rings. The zero-order chi connectivity index (χ0) is 91.9. The zero-order valence-electron chi connectivity index (χ0n) is 77.0. The van der Waals surface area contributed by atoms with Gasteiger partial charge in [0.25, 0.3) is 11.8 Å². The average molecular weight is 1780 g/mol. The highest BCUT2D eigenvalue weighted by molar-refractivity contribution is 5.99. The van der Waals surface area contributed by atoms with Crippen molar-refractivity contribution in [1.82, 2.24) is 30.6 Å². The standard InChI is InChI=1S/C110H124N10O12/c1-7-9-11-13-15-17-19-21-67-131-105-77-89(119(85-37-45-91(123-3)46-38-85)86-39-47-92(124-4)48-40-86)35-31-79(105)33-53-95-97-55-59-101(115-97)107(81-23-27-83(28-24-81)109(121)113-65-71-129-75-73-127-69-63-111)103-61-57-99(117-103)96(100-58-62-104(118-100)108(102-60-56-98(95)116-102)82-25-29-84(30-26-82)110(122)114-66-72-130-76-74-128-70-64-112)54-34-80-32-36-90(78-106(80)132-68-22-20-18-16-14-12-10-8-2)120(87-41-49-93(125-5)50-42-87)88-43-51-94(126-6)52-44-88/h23-32,35-52,55-62,77-78,115,118H,7-22,63-76,111-112H2,1-6H3,(H,113,121)(H,114,122). The van der Waals surface area contributed by atoms with Crippen molar-refractivity contribution in [3.63, 3.8) is 0 Å². The number of benzene rings is 8. The molecule has 11 aromatic rings. The lowest BCUT2D eigenvalue weighted by atomic mass is 10.0. The lowest BCUT2D eigenvalue weighted by Gasteiger charge is -2.26. The van der Waals surface area contributed by atoms with Gasteiger partial charge >= 0.3 is 0 Å². The molecule has 2 amide bonds. The molecule has 13 rings (SSSR count). The number of nitrogens with zero attached hydrogens (tertiary/aromatic N) is 4. The largest absolute Gasteiger partial charge is 0.497 e. The van der Waals surface area contributed by atoms with Crippen molar-refractivity contribution in [2.75, 3.05) is 130 Å². The minimum atomic E-state index is -0.253. The van der Waals surface area contributed by atoms with E-state index in [0.29, 0.717) is 182 Å². The zero-order valence-corrected chi connectivity index (χ0v) is 77.0. The maximum absolute atomic E-state index is 14.0. The number of ether oxygens (including phenoxy) is 10. The Balaban J connectivity index is 0.994. The van der Waals surface area contributed by atoms with Gasteiger partial charge in [0.2, 0.25) is 0 Å². The number of nitrogens with one attached hydrogen (secondary N) is 4. The number of nitrogens with two attached hydrogens (primary N) is 2. The molecule has 3 aromatic heterocycles. The molecule has 0 radical (unpaired) electrons. The molecule has 0 unspecified atom stereocenters. The van der Waals surface area contributed by atoms with Gasteiger partial charge in [-0.15, -0.1) is 0 Å². The van der Waals surface area contributed by atoms with Crippen molar-refractivity contribution >= 4 is 92.3 Å². The van der Waals surface area contributed by atoms with E-state index in [0.717, 1.165) is 118 Å². The number of rotatable bonds is 50. The SMILES string of the molecule is CCCCCCCCCCOc1cc(N(c2ccc(OC)cc2)c2ccc(OC)cc2)ccc1C#Cc1c2nc(c(-c3ccc(C(=O)NCCOCCOCCN)cc3)c3ccc([nH]3)c(C#Cc3ccc(N(c4ccc(OC)cc4)c4ccc(OC)cc4)cc3OCCCCCCCCCC)c3nc(c(-c4ccc(C(=O)NCCOCCOCCN)cc4)c4ccc1[nH]4)C=C3)C=C2. The number of anilines is 6. The summed E-state index contributed by atoms with van der Waals surface area (Å²) in [6.07, 6.45) is 26.3. The molecule has 0 aliphatic carbocycles. The molecular formula is C110H124N10O12. The minimum absolute atomic E-state index is 0.253. The van der Waals surface area contributed by atoms with Crippen LogP contribution in [0.15, 0.2) is 206 Å². The van der Waals surface area contributed by atoms with Gasteiger partial charge in [-0.1, -0.05) is 152 Å². The molecule has 22 heteroatoms. The van der Waals surface area contributed by atoms with E-state index >= 15 is 0 Å². The van der Waals surface area contributed by atoms with Crippen molar-refractivity contribution in [1.29, 1.82) is 0 Å². The summed E-state index contributed by atoms with van der Waals surface area (Å²) in [4.78, 5) is 51.3. The molecule has 22 nitrogen and oxygen atoms in total. The van der Waals surface area contributed by atoms with E-state index < -0.39 is 0 Å². The summed E-state index contributed by atoms with van der Waals surface area (Å²) >= 11 is 0. The van der Waals surface area contributed by atoms with Gasteiger partial charge in [-0.25, -0.2) is 9.97 Å². The van der Waals surface area contributed by atoms with E-state index in [1.54, 1.807) is 28.4 Å². The quantitative estimate of drug-likeness (QED) is 0.0153. The predicted molar refractivity (Wildman–Crippen MR) is 532 cm³/mol. The molecule has 8 aromatic carbocycles. The number of unbranched alkanes of at least 4 members (excludes halogenated alkanes) is 14. The van der Waals surface area contributed by atoms with Crippen LogP contribution in [0.1, 0.15) is 182 Å². The molecule has 132 heavy (non-hydrogen) atoms. The highest BCUT2D eigenvalue weighted by Gasteiger charge is 2.23. The van der Waals surface area contributed by atoms with Crippen LogP contribution in [0.25, 0.3) is 68.6 Å². The number of H-pyrrole nitrogens is 2. The number of hydrogen-bond donors (Lipinski definition) is 6. The van der Waals surface area contributed by atoms with Crippen molar-refractivity contribution in [2.24, 2.45) is 11.5 Å². The maximum Gasteiger partial charge on any atom is 0.251 e. The number of aromatic amines is 2. The van der Waals surface area contributed by atoms with E-state index in [9.17, 15) is 9.59 Å². The van der Waals surface area contributed by atoms with Crippen LogP contribution in [0.4, 0.5) is 34.1 Å². The van der Waals surface area contributed by atoms with Crippen molar-refractivity contribution in [3.8, 4) is 80.4 Å². The van der Waals surface area contributed by atoms with Crippen LogP contribution in [-0.2, 0) is 18.9 Å². The Labute approximate surface area is 776 Å². The Morgan fingerprint density at radius 1 is 0.333 bits per heavy atom. The smallest absolute Gasteiger partial charge is 0.251 e. The summed E-state index contributed by atoms with van der Waals surface area (Å²) in [7, 11) is 6.67. The van der Waals surface area contributed by atoms with Crippen molar-refractivity contribution in [3.05, 3.63) is 262 Å². The second-order valence-corrected chi connectivity index (χ2v) is 32.2. The molecule has 2 aliphatic heterocycles. The minimum Gasteiger partial charge on any atom is -0.497 e. The van der Waals surface area contributed by atoms with Gasteiger partial charge in [0, 0.05) is 106 Å². The monoisotopic (exact) mass is 1780 g/mol. The Kier molecular flexibility index (Phi) is 37.3. The van der Waals surface area contributed by atoms with E-state index in [4.69, 9.17) is 68.8 Å². The summed E-state index contributed by atoms with van der Waals surface area (Å²) < 4.78 is 59.0. The lowest BCUT2D eigenvalue weighted by Crippen LogP contribution is -2.27. The first-order valence-corrected chi connectivity index (χ1v) is 46.4. The third-order valence-electron chi connectivity index (χ3n) is 22.9. The van der Waals surface area contributed by atoms with Gasteiger partial charge in [0.05, 0.1) is 151 Å². The summed E-state index contributed by atoms with van der Waals surface area (Å²) in [6.45, 7) is 9.97. The summed E-state index contributed by atoms with van der Waals surface area (Å²) in [6, 6.07) is 67.6. The van der Waals surface area contributed by atoms with Gasteiger partial charge in [-0.2, -0.15) is 0 Å². The molecular weight excluding hydrogens is 1650 g/mol. The van der Waals surface area contributed by atoms with Gasteiger partial charge in [-0.05, 0) is 218 Å². The first kappa shape index (κ1) is 96.1. The van der Waals surface area contributed by atoms with Crippen LogP contribution in [0, 0.1) is 23.7 Å². The average Bonchev–Trinajstić information content (AvgIpc) is 1.61. The summed E-state index contributed by atoms with van der Waals surface area (Å²) in [5, 5.41) is 6.04. The molecule has 686 valence electrons. The maximum atomic E-state index is 14.0. The van der Waals surface area contributed by atoms with Crippen molar-refractivity contribution < 1.29 is 57.0 Å². The van der Waals surface area contributed by atoms with Gasteiger partial charge in [-0.3, -0.25) is 9.59 Å². The number of fused-ring (bicyclic) bond motifs is 8. The second-order valence-electron chi connectivity index (χ2n) is 32.2. The molecule has 2 aliphatic rings. The summed E-state index contributed by atoms with van der Waals surface area (Å²) in [5.74, 6) is 18.4. The second kappa shape index (κ2) is 51.3. The molecule has 0 saturated carbocycles. The fourth-order valence-corrected chi connectivity index (χ4v) is 15.8. The van der Waals surface area contributed by atoms with Crippen LogP contribution >= 0.6 is 0 Å². The third kappa shape index (κ3) is 26.9. The Morgan fingerprint density at radius 2 is 0.644 bits per heavy atom. The molecule has 8 bridgehead atoms. The fourth-order valence-electron chi connectivity index (χ4n) is 15.8. The van der Waals surface area contributed by atoms with E-state index in [2.05, 4.69) is 92.2 Å². The number of amides is 2. The lowest BCUT2D eigenvalue weighted by molar-refractivity contribution is 0.0511. The molecule has 5 heterocycles. The predicted octanol–water partition coefficient (Wildman–Crippen LogP) is 22.2. The molecule has 8 N–H and O–H groups in total. The Bertz CT molecular complexity index is 5470. The number of carbonyl (C=O) groups is 2. The Morgan fingerprint density at radius 3 is 0.977 bits per heavy atom. The van der Waals surface area contributed by atoms with Gasteiger partial charge in [0.1, 0.15) is 34.5 Å². The normalized spacial score (nSPS) is 11.3. The van der Waals surface area contributed by atoms with Gasteiger partial charge < -0.3 is 89.2 Å². The Hall–Kier alpha value is -13.4. The van der Waals surface area contributed by atoms with Gasteiger partial charge in [0.15, 0.2) is 0 Å². The number of methoxy groups -OCH3 is 4. The molecule has 0 atom stereocenters. The summed E-state index contributed by atoms with van der Waals surface area (Å²) in [5.41, 5.74) is 28.1. The number of aromatic nitrogens is 4. The third-order valence-corrected chi connectivity index (χ3v) is 22.9. The highest BCUT2D eigenvalue weighted by atomic mass is 16.5. The van der Waals surface area contributed by atoms with Crippen LogP contribution in [0.3, 0.4) is 0 Å². The topological polar surface area (TPSA) is 266 Å². The van der Waals surface area contributed by atoms with Crippen LogP contribution in [0.5, 0.6) is 34.5 Å².